The summed E-state index contributed by atoms with van der Waals surface area (Å²) in [5.74, 6) is -0.148. The number of thiazole rings is 1. The third-order valence-electron chi connectivity index (χ3n) is 4.04. The maximum absolute atomic E-state index is 12.5. The molecule has 0 bridgehead atoms. The number of nitrogens with one attached hydrogen (secondary N) is 1. The Morgan fingerprint density at radius 3 is 2.88 bits per heavy atom. The van der Waals surface area contributed by atoms with Crippen LogP contribution in [0.3, 0.4) is 0 Å². The lowest BCUT2D eigenvalue weighted by Crippen LogP contribution is -2.24. The van der Waals surface area contributed by atoms with Gasteiger partial charge in [-0.25, -0.2) is 4.98 Å². The van der Waals surface area contributed by atoms with Crippen molar-refractivity contribution < 1.29 is 9.59 Å². The van der Waals surface area contributed by atoms with E-state index in [2.05, 4.69) is 10.3 Å². The summed E-state index contributed by atoms with van der Waals surface area (Å²) in [4.78, 5) is 31.6. The normalized spacial score (nSPS) is 14.0. The summed E-state index contributed by atoms with van der Waals surface area (Å²) in [6.45, 7) is 0.698. The first kappa shape index (κ1) is 17.2. The van der Waals surface area contributed by atoms with Gasteiger partial charge in [0, 0.05) is 29.6 Å². The number of benzene rings is 1. The molecule has 0 saturated carbocycles. The molecule has 4 rings (SSSR count). The second-order valence-corrected chi connectivity index (χ2v) is 8.37. The summed E-state index contributed by atoms with van der Waals surface area (Å²) >= 11 is 8.76. The molecule has 26 heavy (non-hydrogen) atoms. The Kier molecular flexibility index (Phi) is 4.76. The topological polar surface area (TPSA) is 62.3 Å². The quantitative estimate of drug-likeness (QED) is 0.673. The molecule has 0 unspecified atom stereocenters. The number of halogens is 1. The molecule has 1 aliphatic rings. The lowest BCUT2D eigenvalue weighted by Gasteiger charge is -2.16. The fourth-order valence-corrected chi connectivity index (χ4v) is 4.59. The number of anilines is 2. The van der Waals surface area contributed by atoms with E-state index in [0.29, 0.717) is 28.0 Å². The minimum absolute atomic E-state index is 0.0988. The summed E-state index contributed by atoms with van der Waals surface area (Å²) in [7, 11) is 0. The van der Waals surface area contributed by atoms with E-state index in [1.807, 2.05) is 23.6 Å². The molecular formula is C18H14ClN3O2S2. The highest BCUT2D eigenvalue weighted by atomic mass is 35.5. The molecule has 2 aromatic heterocycles. The van der Waals surface area contributed by atoms with Crippen molar-refractivity contribution in [2.45, 2.75) is 12.8 Å². The van der Waals surface area contributed by atoms with Gasteiger partial charge in [0.2, 0.25) is 5.91 Å². The minimum Gasteiger partial charge on any atom is -0.312 e. The van der Waals surface area contributed by atoms with Crippen LogP contribution in [0.15, 0.2) is 41.8 Å². The van der Waals surface area contributed by atoms with Crippen LogP contribution in [0, 0.1) is 0 Å². The van der Waals surface area contributed by atoms with Crippen molar-refractivity contribution in [3.63, 3.8) is 0 Å². The van der Waals surface area contributed by atoms with Gasteiger partial charge in [-0.15, -0.1) is 22.7 Å². The number of hydrogen-bond donors (Lipinski definition) is 1. The molecule has 1 aromatic carbocycles. The van der Waals surface area contributed by atoms with Gasteiger partial charge >= 0.3 is 0 Å². The van der Waals surface area contributed by atoms with E-state index in [9.17, 15) is 9.59 Å². The van der Waals surface area contributed by atoms with E-state index in [1.165, 1.54) is 22.7 Å². The molecule has 8 heteroatoms. The Labute approximate surface area is 163 Å². The van der Waals surface area contributed by atoms with Crippen LogP contribution in [0.25, 0.3) is 10.6 Å². The van der Waals surface area contributed by atoms with Crippen LogP contribution in [0.2, 0.25) is 4.34 Å². The Bertz CT molecular complexity index is 982. The van der Waals surface area contributed by atoms with Crippen LogP contribution in [0.1, 0.15) is 23.2 Å². The van der Waals surface area contributed by atoms with Gasteiger partial charge in [0.15, 0.2) is 5.13 Å². The maximum Gasteiger partial charge on any atom is 0.257 e. The Hall–Kier alpha value is -2.22. The van der Waals surface area contributed by atoms with Gasteiger partial charge in [0.05, 0.1) is 14.9 Å². The molecular weight excluding hydrogens is 390 g/mol. The fraction of sp³-hybridized carbons (Fsp3) is 0.167. The van der Waals surface area contributed by atoms with Crippen LogP contribution in [-0.2, 0) is 4.79 Å². The Balaban J connectivity index is 1.50. The number of carbonyl (C=O) groups excluding carboxylic acids is 2. The highest BCUT2D eigenvalue weighted by molar-refractivity contribution is 7.20. The lowest BCUT2D eigenvalue weighted by molar-refractivity contribution is -0.117. The van der Waals surface area contributed by atoms with Crippen LogP contribution in [0.5, 0.6) is 0 Å². The number of aromatic nitrogens is 1. The average Bonchev–Trinajstić information content (AvgIpc) is 3.36. The molecule has 1 aliphatic heterocycles. The van der Waals surface area contributed by atoms with E-state index in [4.69, 9.17) is 11.6 Å². The standard InChI is InChI=1S/C18H14ClN3O2S2/c19-15-7-6-14(26-15)13-10-25-18(20-13)21-17(24)11-3-1-4-12(9-11)22-8-2-5-16(22)23/h1,3-4,6-7,9-10H,2,5,8H2,(H,20,21,24). The smallest absolute Gasteiger partial charge is 0.257 e. The van der Waals surface area contributed by atoms with E-state index in [0.717, 1.165) is 22.7 Å². The molecule has 2 amide bonds. The molecule has 3 aromatic rings. The first-order chi connectivity index (χ1) is 12.6. The van der Waals surface area contributed by atoms with Gasteiger partial charge in [-0.3, -0.25) is 14.9 Å². The zero-order chi connectivity index (χ0) is 18.1. The zero-order valence-electron chi connectivity index (χ0n) is 13.6. The van der Waals surface area contributed by atoms with Crippen LogP contribution < -0.4 is 10.2 Å². The largest absolute Gasteiger partial charge is 0.312 e. The highest BCUT2D eigenvalue weighted by Crippen LogP contribution is 2.33. The summed E-state index contributed by atoms with van der Waals surface area (Å²) in [5.41, 5.74) is 2.05. The predicted molar refractivity (Wildman–Crippen MR) is 106 cm³/mol. The minimum atomic E-state index is -0.247. The van der Waals surface area contributed by atoms with Gasteiger partial charge in [-0.2, -0.15) is 0 Å². The second kappa shape index (κ2) is 7.19. The van der Waals surface area contributed by atoms with E-state index in [-0.39, 0.29) is 11.8 Å². The molecule has 0 radical (unpaired) electrons. The third kappa shape index (κ3) is 3.51. The molecule has 0 atom stereocenters. The molecule has 0 aliphatic carbocycles. The predicted octanol–water partition coefficient (Wildman–Crippen LogP) is 4.90. The van der Waals surface area contributed by atoms with Crippen LogP contribution in [-0.4, -0.2) is 23.3 Å². The average molecular weight is 404 g/mol. The van der Waals surface area contributed by atoms with Gasteiger partial charge < -0.3 is 4.90 Å². The van der Waals surface area contributed by atoms with Gasteiger partial charge in [0.25, 0.3) is 5.91 Å². The number of rotatable bonds is 4. The van der Waals surface area contributed by atoms with Crippen LogP contribution in [0.4, 0.5) is 10.8 Å². The van der Waals surface area contributed by atoms with Crippen LogP contribution >= 0.6 is 34.3 Å². The van der Waals surface area contributed by atoms with Crippen molar-refractivity contribution in [2.75, 3.05) is 16.8 Å². The molecule has 3 heterocycles. The fourth-order valence-electron chi connectivity index (χ4n) is 2.80. The van der Waals surface area contributed by atoms with Crippen molar-refractivity contribution in [3.8, 4) is 10.6 Å². The zero-order valence-corrected chi connectivity index (χ0v) is 16.0. The molecule has 1 saturated heterocycles. The Morgan fingerprint density at radius 1 is 1.27 bits per heavy atom. The molecule has 0 spiro atoms. The number of amides is 2. The van der Waals surface area contributed by atoms with Crippen molar-refractivity contribution in [1.29, 1.82) is 0 Å². The summed E-state index contributed by atoms with van der Waals surface area (Å²) < 4.78 is 0.701. The Morgan fingerprint density at radius 2 is 2.15 bits per heavy atom. The van der Waals surface area contributed by atoms with Gasteiger partial charge in [-0.1, -0.05) is 17.7 Å². The van der Waals surface area contributed by atoms with Gasteiger partial charge in [-0.05, 0) is 36.8 Å². The monoisotopic (exact) mass is 403 g/mol. The number of hydrogen-bond acceptors (Lipinski definition) is 5. The van der Waals surface area contributed by atoms with Crippen molar-refractivity contribution in [2.24, 2.45) is 0 Å². The van der Waals surface area contributed by atoms with E-state index in [1.54, 1.807) is 23.1 Å². The van der Waals surface area contributed by atoms with E-state index < -0.39 is 0 Å². The number of carbonyl (C=O) groups is 2. The molecule has 5 nitrogen and oxygen atoms in total. The number of thiophene rings is 1. The summed E-state index contributed by atoms with van der Waals surface area (Å²) in [6.07, 6.45) is 1.41. The summed E-state index contributed by atoms with van der Waals surface area (Å²) in [5, 5.41) is 5.23. The second-order valence-electron chi connectivity index (χ2n) is 5.80. The third-order valence-corrected chi connectivity index (χ3v) is 6.06. The van der Waals surface area contributed by atoms with Crippen molar-refractivity contribution >= 4 is 56.9 Å². The molecule has 1 N–H and O–H groups in total. The lowest BCUT2D eigenvalue weighted by atomic mass is 10.2. The molecule has 1 fully saturated rings. The first-order valence-corrected chi connectivity index (χ1v) is 10.1. The van der Waals surface area contributed by atoms with Gasteiger partial charge in [0.1, 0.15) is 0 Å². The highest BCUT2D eigenvalue weighted by Gasteiger charge is 2.22. The van der Waals surface area contributed by atoms with Crippen molar-refractivity contribution in [1.82, 2.24) is 4.98 Å². The number of nitrogens with zero attached hydrogens (tertiary/aromatic N) is 2. The summed E-state index contributed by atoms with van der Waals surface area (Å²) in [6, 6.07) is 10.8. The molecule has 132 valence electrons. The maximum atomic E-state index is 12.5. The SMILES string of the molecule is O=C(Nc1nc(-c2ccc(Cl)s2)cs1)c1cccc(N2CCCC2=O)c1. The first-order valence-electron chi connectivity index (χ1n) is 8.03. The van der Waals surface area contributed by atoms with Crippen molar-refractivity contribution in [3.05, 3.63) is 51.7 Å². The van der Waals surface area contributed by atoms with E-state index >= 15 is 0 Å².